The maximum atomic E-state index is 12.3. The lowest BCUT2D eigenvalue weighted by molar-refractivity contribution is -0.152. The Balaban J connectivity index is 1.96. The van der Waals surface area contributed by atoms with Gasteiger partial charge in [-0.05, 0) is 38.8 Å². The highest BCUT2D eigenvalue weighted by atomic mass is 16.5. The van der Waals surface area contributed by atoms with Crippen molar-refractivity contribution in [1.82, 2.24) is 9.78 Å². The van der Waals surface area contributed by atoms with Crippen LogP contribution in [0.1, 0.15) is 29.4 Å². The van der Waals surface area contributed by atoms with Gasteiger partial charge in [-0.15, -0.1) is 0 Å². The summed E-state index contributed by atoms with van der Waals surface area (Å²) in [5.74, 6) is -0.793. The molecule has 1 aromatic heterocycles. The fourth-order valence-electron chi connectivity index (χ4n) is 2.44. The molecule has 0 bridgehead atoms. The van der Waals surface area contributed by atoms with Gasteiger partial charge < -0.3 is 10.1 Å². The molecule has 128 valence electrons. The molecular weight excluding hydrogens is 306 g/mol. The van der Waals surface area contributed by atoms with E-state index >= 15 is 0 Å². The molecule has 0 aliphatic rings. The molecule has 0 aliphatic heterocycles. The van der Waals surface area contributed by atoms with E-state index in [0.29, 0.717) is 5.69 Å². The first-order chi connectivity index (χ1) is 11.3. The van der Waals surface area contributed by atoms with Gasteiger partial charge in [0.2, 0.25) is 0 Å². The minimum absolute atomic E-state index is 0.148. The number of nitrogens with one attached hydrogen (secondary N) is 1. The second-order valence-electron chi connectivity index (χ2n) is 5.89. The van der Waals surface area contributed by atoms with Crippen LogP contribution in [0.2, 0.25) is 0 Å². The van der Waals surface area contributed by atoms with E-state index in [2.05, 4.69) is 10.4 Å². The van der Waals surface area contributed by atoms with Gasteiger partial charge in [0.25, 0.3) is 5.91 Å². The largest absolute Gasteiger partial charge is 0.452 e. The van der Waals surface area contributed by atoms with Gasteiger partial charge in [-0.2, -0.15) is 5.10 Å². The van der Waals surface area contributed by atoms with Crippen molar-refractivity contribution in [3.8, 4) is 0 Å². The number of rotatable bonds is 5. The SMILES string of the molecule is Cc1ccccc1CC(=O)O[C@@H](C)C(=O)Nc1c(C)nn(C)c1C. The quantitative estimate of drug-likeness (QED) is 0.855. The van der Waals surface area contributed by atoms with Crippen LogP contribution < -0.4 is 5.32 Å². The van der Waals surface area contributed by atoms with Crippen LogP contribution in [0.5, 0.6) is 0 Å². The minimum Gasteiger partial charge on any atom is -0.452 e. The van der Waals surface area contributed by atoms with Crippen LogP contribution in [0, 0.1) is 20.8 Å². The highest BCUT2D eigenvalue weighted by Gasteiger charge is 2.21. The molecule has 1 amide bonds. The summed E-state index contributed by atoms with van der Waals surface area (Å²) in [6.07, 6.45) is -0.726. The first-order valence-electron chi connectivity index (χ1n) is 7.84. The number of carbonyl (C=O) groups excluding carboxylic acids is 2. The van der Waals surface area contributed by atoms with E-state index < -0.39 is 12.1 Å². The van der Waals surface area contributed by atoms with Crippen LogP contribution in [-0.4, -0.2) is 27.8 Å². The lowest BCUT2D eigenvalue weighted by Crippen LogP contribution is -2.30. The molecule has 0 aliphatic carbocycles. The van der Waals surface area contributed by atoms with Gasteiger partial charge in [0.05, 0.1) is 23.5 Å². The van der Waals surface area contributed by atoms with Crippen LogP contribution in [0.4, 0.5) is 5.69 Å². The Kier molecular flexibility index (Phi) is 5.39. The van der Waals surface area contributed by atoms with Crippen LogP contribution in [0.25, 0.3) is 0 Å². The van der Waals surface area contributed by atoms with Gasteiger partial charge in [-0.3, -0.25) is 14.3 Å². The van der Waals surface area contributed by atoms with Gasteiger partial charge in [0, 0.05) is 7.05 Å². The van der Waals surface area contributed by atoms with Crippen LogP contribution >= 0.6 is 0 Å². The van der Waals surface area contributed by atoms with Crippen molar-refractivity contribution in [2.45, 2.75) is 40.2 Å². The van der Waals surface area contributed by atoms with E-state index in [0.717, 1.165) is 22.5 Å². The van der Waals surface area contributed by atoms with E-state index in [4.69, 9.17) is 4.74 Å². The Bertz CT molecular complexity index is 765. The number of esters is 1. The van der Waals surface area contributed by atoms with Crippen molar-refractivity contribution in [2.24, 2.45) is 7.05 Å². The summed E-state index contributed by atoms with van der Waals surface area (Å²) in [6, 6.07) is 7.61. The maximum Gasteiger partial charge on any atom is 0.311 e. The highest BCUT2D eigenvalue weighted by Crippen LogP contribution is 2.19. The van der Waals surface area contributed by atoms with Gasteiger partial charge in [0.1, 0.15) is 0 Å². The van der Waals surface area contributed by atoms with E-state index in [1.165, 1.54) is 0 Å². The molecule has 0 unspecified atom stereocenters. The van der Waals surface area contributed by atoms with Gasteiger partial charge in [0.15, 0.2) is 6.10 Å². The lowest BCUT2D eigenvalue weighted by Gasteiger charge is -2.14. The predicted octanol–water partition coefficient (Wildman–Crippen LogP) is 2.46. The smallest absolute Gasteiger partial charge is 0.311 e. The fraction of sp³-hybridized carbons (Fsp3) is 0.389. The first-order valence-corrected chi connectivity index (χ1v) is 7.84. The molecule has 6 heteroatoms. The van der Waals surface area contributed by atoms with Gasteiger partial charge in [-0.25, -0.2) is 0 Å². The monoisotopic (exact) mass is 329 g/mol. The first kappa shape index (κ1) is 17.7. The Labute approximate surface area is 141 Å². The summed E-state index contributed by atoms with van der Waals surface area (Å²) in [6.45, 7) is 7.18. The standard InChI is InChI=1S/C18H23N3O3/c1-11-8-6-7-9-15(11)10-16(22)24-14(4)18(23)19-17-12(2)20-21(5)13(17)3/h6-9,14H,10H2,1-5H3,(H,19,23)/t14-/m0/s1. The minimum atomic E-state index is -0.875. The van der Waals surface area contributed by atoms with Gasteiger partial charge >= 0.3 is 5.97 Å². The van der Waals surface area contributed by atoms with Crippen molar-refractivity contribution in [2.75, 3.05) is 5.32 Å². The lowest BCUT2D eigenvalue weighted by atomic mass is 10.1. The molecule has 0 fully saturated rings. The van der Waals surface area contributed by atoms with Crippen molar-refractivity contribution in [3.63, 3.8) is 0 Å². The van der Waals surface area contributed by atoms with Crippen LogP contribution in [0.15, 0.2) is 24.3 Å². The summed E-state index contributed by atoms with van der Waals surface area (Å²) in [4.78, 5) is 24.3. The van der Waals surface area contributed by atoms with Crippen molar-refractivity contribution < 1.29 is 14.3 Å². The van der Waals surface area contributed by atoms with Crippen molar-refractivity contribution in [1.29, 1.82) is 0 Å². The summed E-state index contributed by atoms with van der Waals surface area (Å²) >= 11 is 0. The molecule has 0 spiro atoms. The molecule has 0 saturated carbocycles. The molecule has 2 rings (SSSR count). The number of anilines is 1. The molecular formula is C18H23N3O3. The van der Waals surface area contributed by atoms with E-state index in [-0.39, 0.29) is 12.3 Å². The zero-order valence-corrected chi connectivity index (χ0v) is 14.7. The number of carbonyl (C=O) groups is 2. The van der Waals surface area contributed by atoms with Gasteiger partial charge in [-0.1, -0.05) is 24.3 Å². The Morgan fingerprint density at radius 2 is 1.92 bits per heavy atom. The van der Waals surface area contributed by atoms with Crippen LogP contribution in [0.3, 0.4) is 0 Å². The molecule has 1 aromatic carbocycles. The maximum absolute atomic E-state index is 12.3. The second kappa shape index (κ2) is 7.29. The summed E-state index contributed by atoms with van der Waals surface area (Å²) in [5, 5.41) is 7.02. The molecule has 24 heavy (non-hydrogen) atoms. The second-order valence-corrected chi connectivity index (χ2v) is 5.89. The topological polar surface area (TPSA) is 73.2 Å². The normalized spacial score (nSPS) is 11.9. The molecule has 2 aromatic rings. The third kappa shape index (κ3) is 4.01. The summed E-state index contributed by atoms with van der Waals surface area (Å²) in [7, 11) is 1.81. The van der Waals surface area contributed by atoms with E-state index in [1.807, 2.05) is 52.1 Å². The summed E-state index contributed by atoms with van der Waals surface area (Å²) in [5.41, 5.74) is 4.15. The molecule has 1 atom stereocenters. The fourth-order valence-corrected chi connectivity index (χ4v) is 2.44. The molecule has 0 radical (unpaired) electrons. The number of nitrogens with zero attached hydrogens (tertiary/aromatic N) is 2. The van der Waals surface area contributed by atoms with Crippen molar-refractivity contribution in [3.05, 3.63) is 46.8 Å². The van der Waals surface area contributed by atoms with E-state index in [1.54, 1.807) is 11.6 Å². The zero-order chi connectivity index (χ0) is 17.9. The molecule has 1 N–H and O–H groups in total. The third-order valence-corrected chi connectivity index (χ3v) is 4.03. The third-order valence-electron chi connectivity index (χ3n) is 4.03. The van der Waals surface area contributed by atoms with Crippen molar-refractivity contribution >= 4 is 17.6 Å². The van der Waals surface area contributed by atoms with E-state index in [9.17, 15) is 9.59 Å². The van der Waals surface area contributed by atoms with Crippen LogP contribution in [-0.2, 0) is 27.8 Å². The molecule has 6 nitrogen and oxygen atoms in total. The zero-order valence-electron chi connectivity index (χ0n) is 14.7. The Morgan fingerprint density at radius 1 is 1.25 bits per heavy atom. The Morgan fingerprint density at radius 3 is 2.50 bits per heavy atom. The number of benzene rings is 1. The highest BCUT2D eigenvalue weighted by molar-refractivity contribution is 5.96. The number of aryl methyl sites for hydroxylation is 3. The molecule has 1 heterocycles. The average molecular weight is 329 g/mol. The Hall–Kier alpha value is -2.63. The number of hydrogen-bond acceptors (Lipinski definition) is 4. The number of aromatic nitrogens is 2. The number of ether oxygens (including phenoxy) is 1. The predicted molar refractivity (Wildman–Crippen MR) is 91.7 cm³/mol. The summed E-state index contributed by atoms with van der Waals surface area (Å²) < 4.78 is 6.95. The number of hydrogen-bond donors (Lipinski definition) is 1. The average Bonchev–Trinajstić information content (AvgIpc) is 2.75. The number of amides is 1. The molecule has 0 saturated heterocycles.